The molecule has 2 radical (unpaired) electrons. The molecule has 510 valence electrons. The van der Waals surface area contributed by atoms with Gasteiger partial charge < -0.3 is 57.3 Å². The van der Waals surface area contributed by atoms with E-state index in [2.05, 4.69) is 19.9 Å². The fourth-order valence-corrected chi connectivity index (χ4v) is 14.9. The number of carbonyl (C=O) groups excluding carboxylic acids is 6. The van der Waals surface area contributed by atoms with Crippen molar-refractivity contribution in [1.29, 1.82) is 0 Å². The Morgan fingerprint density at radius 1 is 0.511 bits per heavy atom. The number of methoxy groups -OCH3 is 2. The van der Waals surface area contributed by atoms with Gasteiger partial charge >= 0.3 is 11.9 Å². The zero-order chi connectivity index (χ0) is 65.3. The van der Waals surface area contributed by atoms with Crippen LogP contribution in [0.15, 0.2) is 36.4 Å². The smallest absolute Gasteiger partial charge is 0.306 e. The number of rotatable bonds is 6. The Labute approximate surface area is 569 Å². The molecule has 2 aliphatic carbocycles. The van der Waals surface area contributed by atoms with Crippen molar-refractivity contribution < 1.29 is 121 Å². The minimum atomic E-state index is -3.36. The van der Waals surface area contributed by atoms with Crippen LogP contribution in [0.3, 0.4) is 0 Å². The summed E-state index contributed by atoms with van der Waals surface area (Å²) in [5.41, 5.74) is -1.11. The van der Waals surface area contributed by atoms with Crippen LogP contribution in [0.2, 0.25) is 0 Å². The average molecular weight is 1390 g/mol. The molecule has 8 aliphatic rings. The molecule has 2 amide bonds. The number of aromatic nitrogens is 4. The van der Waals surface area contributed by atoms with Gasteiger partial charge in [0.15, 0.2) is 11.4 Å². The molecule has 2 aromatic carbocycles. The van der Waals surface area contributed by atoms with Crippen LogP contribution in [0.1, 0.15) is 155 Å². The van der Waals surface area contributed by atoms with E-state index in [1.807, 2.05) is 26.4 Å². The van der Waals surface area contributed by atoms with Gasteiger partial charge in [0.25, 0.3) is 11.8 Å². The number of hydrogen-bond donors (Lipinski definition) is 0. The molecule has 4 saturated heterocycles. The Hall–Kier alpha value is -5.65. The molecule has 4 aromatic rings. The summed E-state index contributed by atoms with van der Waals surface area (Å²) in [5.74, 6) is -10.6. The van der Waals surface area contributed by atoms with E-state index in [-0.39, 0.29) is 135 Å². The van der Waals surface area contributed by atoms with Crippen molar-refractivity contribution in [2.24, 2.45) is 46.3 Å². The van der Waals surface area contributed by atoms with E-state index in [4.69, 9.17) is 37.9 Å². The number of halogens is 4. The van der Waals surface area contributed by atoms with Gasteiger partial charge in [-0.05, 0) is 136 Å². The topological polar surface area (TPSA) is 234 Å². The number of esters is 2. The SMILES string of the molecule is COc1ccc2nc3c(nc2c1)O[C@H]1CN(C(=O)[C@H](C2(C)CCOCC2)CC(=O)O[C@@H]2CCC[C@H]2CCCCC3(F)F)[C@H]([C-]=O)[C@@H]1C.COc1ccc2nc3c(nc2c1)O[C@H]1CN(C(=O)[C@H](C2(C)CCOCC2)CC(=O)O[C@@H]2C[C@H]2CCCCC3(F)F)[C@H]([C-]=O)[C@@H]1C.[V].[V]. The number of ether oxygens (including phenoxy) is 8. The van der Waals surface area contributed by atoms with Crippen LogP contribution in [-0.4, -0.2) is 156 Å². The molecule has 2 aromatic heterocycles. The first-order valence-corrected chi connectivity index (χ1v) is 32.8. The van der Waals surface area contributed by atoms with Crippen molar-refractivity contribution in [2.45, 2.75) is 192 Å². The molecule has 2 saturated carbocycles. The van der Waals surface area contributed by atoms with Crippen molar-refractivity contribution in [3.8, 4) is 23.3 Å². The monoisotopic (exact) mass is 1390 g/mol. The fourth-order valence-electron chi connectivity index (χ4n) is 14.9. The van der Waals surface area contributed by atoms with Crippen LogP contribution >= 0.6 is 0 Å². The van der Waals surface area contributed by atoms with Gasteiger partial charge in [0.2, 0.25) is 23.6 Å². The van der Waals surface area contributed by atoms with Crippen LogP contribution in [0.5, 0.6) is 23.3 Å². The fraction of sp³-hybridized carbons (Fsp3) is 0.676. The summed E-state index contributed by atoms with van der Waals surface area (Å²) in [6.07, 6.45) is 8.78. The Balaban J connectivity index is 0.000000217. The van der Waals surface area contributed by atoms with E-state index >= 15 is 17.6 Å². The maximum atomic E-state index is 16.1. The Kier molecular flexibility index (Phi) is 23.5. The Morgan fingerprint density at radius 3 is 1.35 bits per heavy atom. The van der Waals surface area contributed by atoms with E-state index in [0.29, 0.717) is 113 Å². The summed E-state index contributed by atoms with van der Waals surface area (Å²) in [6.45, 7) is 9.08. The van der Waals surface area contributed by atoms with Crippen LogP contribution in [0.25, 0.3) is 22.1 Å². The average Bonchev–Trinajstić information content (AvgIpc) is 1.33. The number of amides is 2. The summed E-state index contributed by atoms with van der Waals surface area (Å²) in [6, 6.07) is 7.60. The van der Waals surface area contributed by atoms with Gasteiger partial charge in [0.05, 0.1) is 74.1 Å². The molecule has 26 heteroatoms. The van der Waals surface area contributed by atoms with E-state index in [1.165, 1.54) is 24.0 Å². The quantitative estimate of drug-likeness (QED) is 0.0991. The molecular formula is C68H84F4N6O14V2-2. The summed E-state index contributed by atoms with van der Waals surface area (Å²) in [4.78, 5) is 101. The molecule has 6 aliphatic heterocycles. The third kappa shape index (κ3) is 15.7. The van der Waals surface area contributed by atoms with Crippen molar-refractivity contribution in [2.75, 3.05) is 53.7 Å². The largest absolute Gasteiger partial charge is 0.540 e. The molecular weight excluding hydrogens is 1300 g/mol. The van der Waals surface area contributed by atoms with Gasteiger partial charge in [-0.3, -0.25) is 19.2 Å². The first kappa shape index (κ1) is 72.6. The summed E-state index contributed by atoms with van der Waals surface area (Å²) in [7, 11) is 2.99. The Morgan fingerprint density at radius 2 is 0.926 bits per heavy atom. The minimum absolute atomic E-state index is 0. The van der Waals surface area contributed by atoms with Crippen LogP contribution in [-0.2, 0) is 96.7 Å². The summed E-state index contributed by atoms with van der Waals surface area (Å²) in [5, 5.41) is 0. The first-order valence-electron chi connectivity index (χ1n) is 32.8. The predicted molar refractivity (Wildman–Crippen MR) is 324 cm³/mol. The van der Waals surface area contributed by atoms with Gasteiger partial charge in [-0.15, -0.1) is 0 Å². The predicted octanol–water partition coefficient (Wildman–Crippen LogP) is 10.3. The number of fused-ring (bicyclic) bond motifs is 10. The van der Waals surface area contributed by atoms with Crippen LogP contribution in [0.4, 0.5) is 17.6 Å². The summed E-state index contributed by atoms with van der Waals surface area (Å²) < 4.78 is 110. The van der Waals surface area contributed by atoms with E-state index in [1.54, 1.807) is 50.2 Å². The molecule has 0 N–H and O–H groups in total. The van der Waals surface area contributed by atoms with Gasteiger partial charge in [-0.25, -0.2) is 32.5 Å². The standard InChI is InChI=1S/C35H44F2N3O7.C33H40F2N3O7.2V/c1-21-27(20-41)40-19-29(21)47-32-31(38-25-11-10-23(44-3)17-26(25)39-32)35(36,37)12-5-4-7-22-8-6-9-28(22)46-30(42)18-24(33(40)43)34(2)13-15-45-16-14-34;1-19-25(18-39)38-17-27(19)45-30-29(36-23-8-7-21(42-3)15-24(23)37-30)33(34,35)9-5-4-6-20-14-26(20)44-28(40)16-22(31(38)41)32(2)10-12-43-13-11-32;;/h10-11,17,21-22,24,27-29H,4-9,12-16,18-19H2,1-3H3;7-8,15,19-20,22,25-27H,4-6,9-14,16-17H2,1-3H3;;/q2*-1;;/t21-,22+,24+,27+,28+,29-;19-,20+,22+,25+,26+,27-;;/m00../s1. The van der Waals surface area contributed by atoms with Crippen LogP contribution in [0, 0.1) is 46.3 Å². The van der Waals surface area contributed by atoms with Crippen LogP contribution < -0.4 is 18.9 Å². The van der Waals surface area contributed by atoms with Gasteiger partial charge in [-0.2, -0.15) is 17.6 Å². The first-order chi connectivity index (χ1) is 44.0. The van der Waals surface area contributed by atoms with Crippen molar-refractivity contribution in [3.05, 3.63) is 47.8 Å². The second-order valence-electron chi connectivity index (χ2n) is 27.3. The van der Waals surface area contributed by atoms with Gasteiger partial charge in [0, 0.05) is 88.5 Å². The van der Waals surface area contributed by atoms with Crippen molar-refractivity contribution in [1.82, 2.24) is 29.7 Å². The molecule has 12 atom stereocenters. The number of carbonyl (C=O) groups is 4. The number of alkyl halides is 4. The van der Waals surface area contributed by atoms with E-state index in [0.717, 1.165) is 12.8 Å². The van der Waals surface area contributed by atoms with E-state index in [9.17, 15) is 28.8 Å². The number of benzene rings is 2. The van der Waals surface area contributed by atoms with Crippen molar-refractivity contribution >= 4 is 58.4 Å². The van der Waals surface area contributed by atoms with Crippen molar-refractivity contribution in [3.63, 3.8) is 0 Å². The van der Waals surface area contributed by atoms with Gasteiger partial charge in [0.1, 0.15) is 35.9 Å². The van der Waals surface area contributed by atoms with E-state index < -0.39 is 107 Å². The second kappa shape index (κ2) is 30.4. The molecule has 20 nitrogen and oxygen atoms in total. The molecule has 0 spiro atoms. The molecule has 94 heavy (non-hydrogen) atoms. The third-order valence-corrected chi connectivity index (χ3v) is 21.2. The Bertz CT molecular complexity index is 3380. The molecule has 8 heterocycles. The zero-order valence-electron chi connectivity index (χ0n) is 54.2. The molecule has 0 unspecified atom stereocenters. The third-order valence-electron chi connectivity index (χ3n) is 21.2. The normalized spacial score (nSPS) is 31.0. The molecule has 4 bridgehead atoms. The minimum Gasteiger partial charge on any atom is -0.540 e. The number of nitrogens with zero attached hydrogens (tertiary/aromatic N) is 6. The molecule has 6 fully saturated rings. The molecule has 12 rings (SSSR count). The maximum absolute atomic E-state index is 16.1. The zero-order valence-corrected chi connectivity index (χ0v) is 57.0. The second-order valence-corrected chi connectivity index (χ2v) is 27.3. The van der Waals surface area contributed by atoms with Gasteiger partial charge in [-0.1, -0.05) is 52.6 Å². The maximum Gasteiger partial charge on any atom is 0.306 e. The summed E-state index contributed by atoms with van der Waals surface area (Å²) >= 11 is 0. The number of hydrogen-bond acceptors (Lipinski definition) is 18.